The first-order valence-electron chi connectivity index (χ1n) is 3.87. The fraction of sp³-hybridized carbons (Fsp3) is 0.143. The molecule has 7 nitrogen and oxygen atoms in total. The van der Waals surface area contributed by atoms with Crippen molar-refractivity contribution in [2.45, 2.75) is 6.42 Å². The Bertz CT molecular complexity index is 540. The van der Waals surface area contributed by atoms with Gasteiger partial charge in [0.1, 0.15) is 5.82 Å². The Labute approximate surface area is 77.4 Å². The number of nitrogens with two attached hydrogens (primary N) is 1. The third kappa shape index (κ3) is 1.35. The fourth-order valence-corrected chi connectivity index (χ4v) is 1.14. The van der Waals surface area contributed by atoms with Crippen LogP contribution in [0.25, 0.3) is 11.2 Å². The number of nitrogens with zero attached hydrogens (tertiary/aromatic N) is 2. The topological polar surface area (TPSA) is 118 Å². The van der Waals surface area contributed by atoms with Crippen molar-refractivity contribution >= 4 is 17.1 Å². The van der Waals surface area contributed by atoms with Gasteiger partial charge in [-0.25, -0.2) is 4.98 Å². The highest BCUT2D eigenvalue weighted by molar-refractivity contribution is 5.76. The highest BCUT2D eigenvalue weighted by Gasteiger charge is 2.07. The van der Waals surface area contributed by atoms with Gasteiger partial charge in [0.05, 0.1) is 12.7 Å². The van der Waals surface area contributed by atoms with Crippen LogP contribution in [-0.4, -0.2) is 25.8 Å². The van der Waals surface area contributed by atoms with Crippen LogP contribution in [0.4, 0.5) is 0 Å². The van der Waals surface area contributed by atoms with Gasteiger partial charge in [0.15, 0.2) is 11.2 Å². The van der Waals surface area contributed by atoms with E-state index in [1.807, 2.05) is 0 Å². The maximum atomic E-state index is 11.3. The molecule has 72 valence electrons. The number of hydrogen-bond acceptors (Lipinski definition) is 4. The van der Waals surface area contributed by atoms with Gasteiger partial charge < -0.3 is 15.7 Å². The fourth-order valence-electron chi connectivity index (χ4n) is 1.14. The van der Waals surface area contributed by atoms with Crippen LogP contribution in [0.5, 0.6) is 0 Å². The van der Waals surface area contributed by atoms with E-state index in [4.69, 9.17) is 5.73 Å². The van der Waals surface area contributed by atoms with Crippen LogP contribution >= 0.6 is 0 Å². The van der Waals surface area contributed by atoms with Crippen LogP contribution in [0.2, 0.25) is 0 Å². The summed E-state index contributed by atoms with van der Waals surface area (Å²) in [6.45, 7) is 0. The third-order valence-corrected chi connectivity index (χ3v) is 1.69. The molecule has 0 saturated carbocycles. The summed E-state index contributed by atoms with van der Waals surface area (Å²) in [6.07, 6.45) is 1.27. The first kappa shape index (κ1) is 8.42. The number of primary amides is 1. The molecule has 0 fully saturated rings. The molecule has 1 amide bonds. The van der Waals surface area contributed by atoms with Gasteiger partial charge in [-0.2, -0.15) is 4.98 Å². The average Bonchev–Trinajstić information content (AvgIpc) is 2.50. The van der Waals surface area contributed by atoms with Gasteiger partial charge in [0.2, 0.25) is 5.91 Å². The molecule has 2 rings (SSSR count). The second-order valence-electron chi connectivity index (χ2n) is 2.76. The van der Waals surface area contributed by atoms with Gasteiger partial charge in [-0.05, 0) is 0 Å². The van der Waals surface area contributed by atoms with Gasteiger partial charge in [0, 0.05) is 0 Å². The minimum atomic E-state index is -0.553. The quantitative estimate of drug-likeness (QED) is 0.547. The number of nitrogens with one attached hydrogen (secondary N) is 2. The molecule has 0 bridgehead atoms. The summed E-state index contributed by atoms with van der Waals surface area (Å²) in [5, 5.41) is 0. The number of aromatic nitrogens is 4. The smallest absolute Gasteiger partial charge is 0.298 e. The maximum absolute atomic E-state index is 11.3. The Morgan fingerprint density at radius 2 is 2.36 bits per heavy atom. The first-order valence-corrected chi connectivity index (χ1v) is 3.87. The predicted molar refractivity (Wildman–Crippen MR) is 47.4 cm³/mol. The Balaban J connectivity index is 2.58. The first-order chi connectivity index (χ1) is 6.66. The molecule has 0 aliphatic heterocycles. The van der Waals surface area contributed by atoms with E-state index in [-0.39, 0.29) is 12.2 Å². The van der Waals surface area contributed by atoms with Crippen molar-refractivity contribution in [2.24, 2.45) is 5.73 Å². The summed E-state index contributed by atoms with van der Waals surface area (Å²) in [4.78, 5) is 34.7. The van der Waals surface area contributed by atoms with E-state index in [1.165, 1.54) is 6.33 Å². The molecule has 2 heterocycles. The number of hydrogen-bond donors (Lipinski definition) is 3. The van der Waals surface area contributed by atoms with Crippen LogP contribution in [0, 0.1) is 0 Å². The monoisotopic (exact) mass is 193 g/mol. The van der Waals surface area contributed by atoms with Crippen molar-refractivity contribution in [1.82, 2.24) is 19.9 Å². The largest absolute Gasteiger partial charge is 0.369 e. The van der Waals surface area contributed by atoms with Crippen molar-refractivity contribution in [1.29, 1.82) is 0 Å². The SMILES string of the molecule is NC(=O)Cc1nc(=O)c2[nH]cnc2[nH]1. The molecule has 7 heteroatoms. The van der Waals surface area contributed by atoms with Gasteiger partial charge in [-0.3, -0.25) is 9.59 Å². The number of fused-ring (bicyclic) bond motifs is 1. The summed E-state index contributed by atoms with van der Waals surface area (Å²) in [5.74, 6) is -0.329. The number of carbonyl (C=O) groups excluding carboxylic acids is 1. The molecule has 4 N–H and O–H groups in total. The number of imidazole rings is 1. The van der Waals surface area contributed by atoms with Crippen LogP contribution < -0.4 is 11.3 Å². The Morgan fingerprint density at radius 3 is 3.07 bits per heavy atom. The molecule has 0 atom stereocenters. The molecule has 0 saturated heterocycles. The van der Waals surface area contributed by atoms with Crippen LogP contribution in [0.1, 0.15) is 5.82 Å². The summed E-state index contributed by atoms with van der Waals surface area (Å²) >= 11 is 0. The summed E-state index contributed by atoms with van der Waals surface area (Å²) in [5.41, 5.74) is 5.18. The van der Waals surface area contributed by atoms with Crippen molar-refractivity contribution in [3.63, 3.8) is 0 Å². The molecule has 0 radical (unpaired) electrons. The van der Waals surface area contributed by atoms with Crippen molar-refractivity contribution in [2.75, 3.05) is 0 Å². The molecular formula is C7H7N5O2. The van der Waals surface area contributed by atoms with Crippen LogP contribution in [0.15, 0.2) is 11.1 Å². The molecule has 2 aromatic rings. The normalized spacial score (nSPS) is 10.6. The zero-order valence-corrected chi connectivity index (χ0v) is 7.07. The van der Waals surface area contributed by atoms with Crippen LogP contribution in [-0.2, 0) is 11.2 Å². The molecule has 0 aromatic carbocycles. The van der Waals surface area contributed by atoms with Gasteiger partial charge in [-0.1, -0.05) is 0 Å². The molecule has 0 spiro atoms. The molecule has 0 unspecified atom stereocenters. The number of amides is 1. The number of carbonyl (C=O) groups is 1. The van der Waals surface area contributed by atoms with Crippen LogP contribution in [0.3, 0.4) is 0 Å². The summed E-state index contributed by atoms with van der Waals surface area (Å²) < 4.78 is 0. The number of aromatic amines is 2. The number of rotatable bonds is 2. The van der Waals surface area contributed by atoms with E-state index < -0.39 is 11.5 Å². The Morgan fingerprint density at radius 1 is 1.57 bits per heavy atom. The zero-order valence-electron chi connectivity index (χ0n) is 7.07. The predicted octanol–water partition coefficient (Wildman–Crippen LogP) is -1.33. The van der Waals surface area contributed by atoms with Crippen molar-refractivity contribution < 1.29 is 4.79 Å². The summed E-state index contributed by atoms with van der Waals surface area (Å²) in [6, 6.07) is 0. The Hall–Kier alpha value is -2.18. The molecule has 0 aliphatic carbocycles. The van der Waals surface area contributed by atoms with E-state index in [0.717, 1.165) is 0 Å². The van der Waals surface area contributed by atoms with Gasteiger partial charge >= 0.3 is 0 Å². The van der Waals surface area contributed by atoms with E-state index >= 15 is 0 Å². The highest BCUT2D eigenvalue weighted by Crippen LogP contribution is 1.99. The lowest BCUT2D eigenvalue weighted by Crippen LogP contribution is -2.19. The molecule has 14 heavy (non-hydrogen) atoms. The zero-order chi connectivity index (χ0) is 10.1. The second kappa shape index (κ2) is 2.95. The molecular weight excluding hydrogens is 186 g/mol. The summed E-state index contributed by atoms with van der Waals surface area (Å²) in [7, 11) is 0. The minimum Gasteiger partial charge on any atom is -0.369 e. The highest BCUT2D eigenvalue weighted by atomic mass is 16.1. The minimum absolute atomic E-state index is 0.0992. The van der Waals surface area contributed by atoms with E-state index in [0.29, 0.717) is 11.2 Å². The van der Waals surface area contributed by atoms with Crippen molar-refractivity contribution in [3.8, 4) is 0 Å². The standard InChI is InChI=1S/C7H7N5O2/c8-3(13)1-4-11-6-5(7(14)12-4)9-2-10-6/h2H,1H2,(H2,8,13)(H2,9,10,11,12,14). The maximum Gasteiger partial charge on any atom is 0.298 e. The third-order valence-electron chi connectivity index (χ3n) is 1.69. The van der Waals surface area contributed by atoms with Crippen molar-refractivity contribution in [3.05, 3.63) is 22.5 Å². The number of H-pyrrole nitrogens is 2. The van der Waals surface area contributed by atoms with E-state index in [9.17, 15) is 9.59 Å². The van der Waals surface area contributed by atoms with Gasteiger partial charge in [-0.15, -0.1) is 0 Å². The van der Waals surface area contributed by atoms with E-state index in [2.05, 4.69) is 19.9 Å². The molecule has 2 aromatic heterocycles. The lowest BCUT2D eigenvalue weighted by Gasteiger charge is -1.95. The van der Waals surface area contributed by atoms with E-state index in [1.54, 1.807) is 0 Å². The Kier molecular flexibility index (Phi) is 1.77. The lowest BCUT2D eigenvalue weighted by atomic mass is 10.4. The molecule has 0 aliphatic rings. The van der Waals surface area contributed by atoms with Gasteiger partial charge in [0.25, 0.3) is 5.56 Å². The average molecular weight is 193 g/mol. The second-order valence-corrected chi connectivity index (χ2v) is 2.76. The lowest BCUT2D eigenvalue weighted by molar-refractivity contribution is -0.117.